The van der Waals surface area contributed by atoms with Crippen molar-refractivity contribution in [2.75, 3.05) is 7.11 Å². The average molecular weight is 205 g/mol. The summed E-state index contributed by atoms with van der Waals surface area (Å²) in [6.07, 6.45) is 0. The molecule has 6 heteroatoms. The van der Waals surface area contributed by atoms with Gasteiger partial charge < -0.3 is 4.74 Å². The topological polar surface area (TPSA) is 69.4 Å². The van der Waals surface area contributed by atoms with Crippen LogP contribution in [0.3, 0.4) is 0 Å². The van der Waals surface area contributed by atoms with E-state index in [0.29, 0.717) is 0 Å². The van der Waals surface area contributed by atoms with E-state index in [2.05, 4.69) is 4.74 Å². The molecule has 0 unspecified atom stereocenters. The zero-order valence-electron chi connectivity index (χ0n) is 6.82. The van der Waals surface area contributed by atoms with Crippen LogP contribution in [-0.2, 0) is 10.0 Å². The second kappa shape index (κ2) is 3.31. The molecule has 0 bridgehead atoms. The molecule has 0 aliphatic heterocycles. The Morgan fingerprint density at radius 1 is 1.38 bits per heavy atom. The van der Waals surface area contributed by atoms with Crippen molar-refractivity contribution in [2.45, 2.75) is 4.90 Å². The van der Waals surface area contributed by atoms with Crippen LogP contribution in [0.15, 0.2) is 23.1 Å². The van der Waals surface area contributed by atoms with Crippen LogP contribution >= 0.6 is 0 Å². The maximum Gasteiger partial charge on any atom is 0.238 e. The predicted octanol–water partition coefficient (Wildman–Crippen LogP) is 0.482. The SMILES string of the molecule is COc1cc(F)cc(S(N)(=O)=O)c1. The molecule has 0 saturated heterocycles. The Morgan fingerprint density at radius 2 is 2.00 bits per heavy atom. The molecule has 0 atom stereocenters. The van der Waals surface area contributed by atoms with Gasteiger partial charge in [-0.05, 0) is 6.07 Å². The first-order chi connectivity index (χ1) is 5.93. The summed E-state index contributed by atoms with van der Waals surface area (Å²) >= 11 is 0. The monoisotopic (exact) mass is 205 g/mol. The Labute approximate surface area is 75.2 Å². The number of methoxy groups -OCH3 is 1. The first kappa shape index (κ1) is 9.94. The molecule has 1 aromatic carbocycles. The number of primary sulfonamides is 1. The normalized spacial score (nSPS) is 11.3. The molecule has 0 aromatic heterocycles. The molecule has 0 aliphatic rings. The fourth-order valence-electron chi connectivity index (χ4n) is 0.819. The maximum absolute atomic E-state index is 12.7. The van der Waals surface area contributed by atoms with E-state index >= 15 is 0 Å². The molecule has 0 amide bonds. The van der Waals surface area contributed by atoms with Crippen molar-refractivity contribution in [3.63, 3.8) is 0 Å². The summed E-state index contributed by atoms with van der Waals surface area (Å²) in [5.41, 5.74) is 0. The van der Waals surface area contributed by atoms with Crippen LogP contribution in [-0.4, -0.2) is 15.5 Å². The van der Waals surface area contributed by atoms with E-state index in [0.717, 1.165) is 18.2 Å². The van der Waals surface area contributed by atoms with Gasteiger partial charge in [0.15, 0.2) is 0 Å². The molecule has 0 fully saturated rings. The smallest absolute Gasteiger partial charge is 0.238 e. The van der Waals surface area contributed by atoms with Crippen LogP contribution in [0, 0.1) is 5.82 Å². The van der Waals surface area contributed by atoms with E-state index in [-0.39, 0.29) is 10.6 Å². The molecule has 0 heterocycles. The Bertz CT molecular complexity index is 416. The summed E-state index contributed by atoms with van der Waals surface area (Å²) < 4.78 is 39.0. The van der Waals surface area contributed by atoms with Crippen molar-refractivity contribution < 1.29 is 17.5 Å². The van der Waals surface area contributed by atoms with Crippen molar-refractivity contribution >= 4 is 10.0 Å². The van der Waals surface area contributed by atoms with Gasteiger partial charge in [-0.3, -0.25) is 0 Å². The van der Waals surface area contributed by atoms with Crippen LogP contribution in [0.1, 0.15) is 0 Å². The Hall–Kier alpha value is -1.14. The zero-order valence-corrected chi connectivity index (χ0v) is 7.64. The molecule has 1 rings (SSSR count). The highest BCUT2D eigenvalue weighted by Gasteiger charge is 2.10. The lowest BCUT2D eigenvalue weighted by atomic mass is 10.3. The summed E-state index contributed by atoms with van der Waals surface area (Å²) in [6, 6.07) is 3.05. The number of ether oxygens (including phenoxy) is 1. The van der Waals surface area contributed by atoms with E-state index in [1.165, 1.54) is 7.11 Å². The molecule has 1 aromatic rings. The highest BCUT2D eigenvalue weighted by atomic mass is 32.2. The minimum absolute atomic E-state index is 0.115. The summed E-state index contributed by atoms with van der Waals surface area (Å²) in [5, 5.41) is 4.80. The van der Waals surface area contributed by atoms with Crippen LogP contribution in [0.5, 0.6) is 5.75 Å². The van der Waals surface area contributed by atoms with Gasteiger partial charge in [0.25, 0.3) is 0 Å². The van der Waals surface area contributed by atoms with E-state index in [1.54, 1.807) is 0 Å². The van der Waals surface area contributed by atoms with Crippen LogP contribution in [0.25, 0.3) is 0 Å². The Morgan fingerprint density at radius 3 is 2.46 bits per heavy atom. The van der Waals surface area contributed by atoms with Crippen LogP contribution in [0.2, 0.25) is 0 Å². The van der Waals surface area contributed by atoms with Gasteiger partial charge in [-0.1, -0.05) is 0 Å². The Balaban J connectivity index is 3.33. The summed E-state index contributed by atoms with van der Waals surface area (Å²) in [6.45, 7) is 0. The Kier molecular flexibility index (Phi) is 2.53. The van der Waals surface area contributed by atoms with Crippen molar-refractivity contribution in [1.29, 1.82) is 0 Å². The second-order valence-electron chi connectivity index (χ2n) is 2.37. The van der Waals surface area contributed by atoms with Gasteiger partial charge in [0, 0.05) is 12.1 Å². The largest absolute Gasteiger partial charge is 0.497 e. The van der Waals surface area contributed by atoms with Crippen molar-refractivity contribution in [3.8, 4) is 5.75 Å². The van der Waals surface area contributed by atoms with E-state index in [1.807, 2.05) is 0 Å². The van der Waals surface area contributed by atoms with Gasteiger partial charge in [0.2, 0.25) is 10.0 Å². The lowest BCUT2D eigenvalue weighted by molar-refractivity contribution is 0.409. The molecule has 72 valence electrons. The highest BCUT2D eigenvalue weighted by Crippen LogP contribution is 2.18. The number of rotatable bonds is 2. The van der Waals surface area contributed by atoms with Crippen LogP contribution in [0.4, 0.5) is 4.39 Å². The zero-order chi connectivity index (χ0) is 10.1. The van der Waals surface area contributed by atoms with Gasteiger partial charge in [-0.15, -0.1) is 0 Å². The summed E-state index contributed by atoms with van der Waals surface area (Å²) in [4.78, 5) is -0.302. The highest BCUT2D eigenvalue weighted by molar-refractivity contribution is 7.89. The fourth-order valence-corrected chi connectivity index (χ4v) is 1.38. The van der Waals surface area contributed by atoms with E-state index in [4.69, 9.17) is 5.14 Å². The lowest BCUT2D eigenvalue weighted by Gasteiger charge is -2.02. The average Bonchev–Trinajstić information content (AvgIpc) is 2.01. The molecule has 0 spiro atoms. The molecule has 0 radical (unpaired) electrons. The number of halogens is 1. The third kappa shape index (κ3) is 2.40. The fraction of sp³-hybridized carbons (Fsp3) is 0.143. The van der Waals surface area contributed by atoms with Crippen LogP contribution < -0.4 is 9.88 Å². The van der Waals surface area contributed by atoms with Crippen molar-refractivity contribution in [2.24, 2.45) is 5.14 Å². The van der Waals surface area contributed by atoms with Gasteiger partial charge in [0.05, 0.1) is 12.0 Å². The minimum atomic E-state index is -3.88. The molecule has 13 heavy (non-hydrogen) atoms. The molecular formula is C7H8FNO3S. The minimum Gasteiger partial charge on any atom is -0.497 e. The molecule has 0 saturated carbocycles. The predicted molar refractivity (Wildman–Crippen MR) is 44.3 cm³/mol. The second-order valence-corrected chi connectivity index (χ2v) is 3.93. The van der Waals surface area contributed by atoms with Crippen molar-refractivity contribution in [1.82, 2.24) is 0 Å². The number of nitrogens with two attached hydrogens (primary N) is 1. The number of hydrogen-bond acceptors (Lipinski definition) is 3. The number of benzene rings is 1. The standard InChI is InChI=1S/C7H8FNO3S/c1-12-6-2-5(8)3-7(4-6)13(9,10)11/h2-4H,1H3,(H2,9,10,11). The van der Waals surface area contributed by atoms with E-state index < -0.39 is 15.8 Å². The van der Waals surface area contributed by atoms with Crippen molar-refractivity contribution in [3.05, 3.63) is 24.0 Å². The lowest BCUT2D eigenvalue weighted by Crippen LogP contribution is -2.12. The van der Waals surface area contributed by atoms with E-state index in [9.17, 15) is 12.8 Å². The van der Waals surface area contributed by atoms with Gasteiger partial charge in [-0.25, -0.2) is 17.9 Å². The third-order valence-electron chi connectivity index (χ3n) is 1.41. The first-order valence-electron chi connectivity index (χ1n) is 3.31. The first-order valence-corrected chi connectivity index (χ1v) is 4.85. The molecule has 0 aliphatic carbocycles. The molecule has 2 N–H and O–H groups in total. The maximum atomic E-state index is 12.7. The number of sulfonamides is 1. The van der Waals surface area contributed by atoms with Gasteiger partial charge in [-0.2, -0.15) is 0 Å². The summed E-state index contributed by atoms with van der Waals surface area (Å²) in [5.74, 6) is -0.590. The quantitative estimate of drug-likeness (QED) is 0.763. The molecule has 4 nitrogen and oxygen atoms in total. The summed E-state index contributed by atoms with van der Waals surface area (Å²) in [7, 11) is -2.57. The molecular weight excluding hydrogens is 197 g/mol. The number of hydrogen-bond donors (Lipinski definition) is 1. The third-order valence-corrected chi connectivity index (χ3v) is 2.30. The van der Waals surface area contributed by atoms with Gasteiger partial charge in [0.1, 0.15) is 11.6 Å². The van der Waals surface area contributed by atoms with Gasteiger partial charge >= 0.3 is 0 Å².